The van der Waals surface area contributed by atoms with Crippen LogP contribution < -0.4 is 4.74 Å². The van der Waals surface area contributed by atoms with Crippen LogP contribution in [0.5, 0.6) is 11.5 Å². The Hall–Kier alpha value is -1.81. The van der Waals surface area contributed by atoms with Crippen molar-refractivity contribution < 1.29 is 9.84 Å². The molecule has 0 saturated carbocycles. The molecule has 2 rings (SSSR count). The number of phenolic OH excluding ortho intramolecular Hbond substituents is 1. The van der Waals surface area contributed by atoms with Crippen molar-refractivity contribution in [1.29, 1.82) is 0 Å². The van der Waals surface area contributed by atoms with E-state index in [-0.39, 0.29) is 5.75 Å². The van der Waals surface area contributed by atoms with Gasteiger partial charge in [-0.25, -0.2) is 0 Å². The lowest BCUT2D eigenvalue weighted by atomic mass is 10.2. The minimum Gasteiger partial charge on any atom is -0.504 e. The number of hydrogen-bond donors (Lipinski definition) is 1. The van der Waals surface area contributed by atoms with Gasteiger partial charge in [0.2, 0.25) is 0 Å². The van der Waals surface area contributed by atoms with Gasteiger partial charge >= 0.3 is 0 Å². The van der Waals surface area contributed by atoms with E-state index in [2.05, 4.69) is 20.9 Å². The second kappa shape index (κ2) is 5.69. The lowest BCUT2D eigenvalue weighted by molar-refractivity contribution is 0.373. The van der Waals surface area contributed by atoms with Crippen molar-refractivity contribution >= 4 is 27.8 Å². The zero-order valence-electron chi connectivity index (χ0n) is 9.80. The fourth-order valence-electron chi connectivity index (χ4n) is 1.46. The van der Waals surface area contributed by atoms with Crippen molar-refractivity contribution in [2.75, 3.05) is 7.11 Å². The Bertz CT molecular complexity index is 565. The van der Waals surface area contributed by atoms with Gasteiger partial charge in [0.05, 0.1) is 12.8 Å². The van der Waals surface area contributed by atoms with Crippen LogP contribution in [0.25, 0.3) is 0 Å². The lowest BCUT2D eigenvalue weighted by Gasteiger charge is -2.03. The molecule has 0 atom stereocenters. The van der Waals surface area contributed by atoms with E-state index in [1.54, 1.807) is 18.3 Å². The van der Waals surface area contributed by atoms with Crippen molar-refractivity contribution in [3.8, 4) is 11.5 Å². The molecule has 0 aliphatic carbocycles. The third-order valence-electron chi connectivity index (χ3n) is 2.39. The SMILES string of the molecule is COc1ccc(C=Nc2ccc(Br)cc2)cc1O. The highest BCUT2D eigenvalue weighted by Gasteiger charge is 2.00. The number of hydrogen-bond acceptors (Lipinski definition) is 3. The number of benzene rings is 2. The molecule has 4 heteroatoms. The van der Waals surface area contributed by atoms with Crippen LogP contribution in [0.2, 0.25) is 0 Å². The van der Waals surface area contributed by atoms with Gasteiger partial charge in [0, 0.05) is 10.7 Å². The van der Waals surface area contributed by atoms with E-state index in [0.717, 1.165) is 15.7 Å². The molecular formula is C14H12BrNO2. The van der Waals surface area contributed by atoms with Gasteiger partial charge in [0.1, 0.15) is 0 Å². The van der Waals surface area contributed by atoms with Crippen LogP contribution in [-0.2, 0) is 0 Å². The highest BCUT2D eigenvalue weighted by Crippen LogP contribution is 2.25. The Morgan fingerprint density at radius 2 is 1.89 bits per heavy atom. The molecule has 0 spiro atoms. The van der Waals surface area contributed by atoms with E-state index in [1.165, 1.54) is 7.11 Å². The van der Waals surface area contributed by atoms with Crippen LogP contribution in [0.4, 0.5) is 5.69 Å². The molecule has 0 fully saturated rings. The molecule has 0 aliphatic rings. The van der Waals surface area contributed by atoms with Crippen LogP contribution in [0.1, 0.15) is 5.56 Å². The number of rotatable bonds is 3. The molecule has 92 valence electrons. The van der Waals surface area contributed by atoms with Crippen LogP contribution in [0, 0.1) is 0 Å². The van der Waals surface area contributed by atoms with Crippen molar-refractivity contribution in [1.82, 2.24) is 0 Å². The topological polar surface area (TPSA) is 41.8 Å². The summed E-state index contributed by atoms with van der Waals surface area (Å²) in [6.45, 7) is 0. The Morgan fingerprint density at radius 1 is 1.17 bits per heavy atom. The normalized spacial score (nSPS) is 10.8. The largest absolute Gasteiger partial charge is 0.504 e. The monoisotopic (exact) mass is 305 g/mol. The summed E-state index contributed by atoms with van der Waals surface area (Å²) in [6.07, 6.45) is 1.70. The summed E-state index contributed by atoms with van der Waals surface area (Å²) >= 11 is 3.37. The average molecular weight is 306 g/mol. The van der Waals surface area contributed by atoms with E-state index in [9.17, 15) is 5.11 Å². The quantitative estimate of drug-likeness (QED) is 0.873. The predicted octanol–water partition coefficient (Wildman–Crippen LogP) is 3.91. The summed E-state index contributed by atoms with van der Waals surface area (Å²) in [6, 6.07) is 12.8. The van der Waals surface area contributed by atoms with E-state index in [4.69, 9.17) is 4.74 Å². The zero-order chi connectivity index (χ0) is 13.0. The Morgan fingerprint density at radius 3 is 2.50 bits per heavy atom. The van der Waals surface area contributed by atoms with Crippen molar-refractivity contribution in [2.45, 2.75) is 0 Å². The molecular weight excluding hydrogens is 294 g/mol. The molecule has 0 bridgehead atoms. The van der Waals surface area contributed by atoms with Crippen LogP contribution in [-0.4, -0.2) is 18.4 Å². The molecule has 0 saturated heterocycles. The highest BCUT2D eigenvalue weighted by atomic mass is 79.9. The Labute approximate surface area is 114 Å². The summed E-state index contributed by atoms with van der Waals surface area (Å²) < 4.78 is 5.99. The minimum absolute atomic E-state index is 0.109. The summed E-state index contributed by atoms with van der Waals surface area (Å²) in [5.74, 6) is 0.563. The molecule has 18 heavy (non-hydrogen) atoms. The van der Waals surface area contributed by atoms with Crippen LogP contribution >= 0.6 is 15.9 Å². The molecule has 3 nitrogen and oxygen atoms in total. The first-order valence-electron chi connectivity index (χ1n) is 5.35. The van der Waals surface area contributed by atoms with Crippen LogP contribution in [0.3, 0.4) is 0 Å². The smallest absolute Gasteiger partial charge is 0.160 e. The molecule has 2 aromatic carbocycles. The number of phenols is 1. The fraction of sp³-hybridized carbons (Fsp3) is 0.0714. The highest BCUT2D eigenvalue weighted by molar-refractivity contribution is 9.10. The Kier molecular flexibility index (Phi) is 3.99. The van der Waals surface area contributed by atoms with E-state index < -0.39 is 0 Å². The summed E-state index contributed by atoms with van der Waals surface area (Å²) in [4.78, 5) is 4.32. The molecule has 0 aliphatic heterocycles. The van der Waals surface area contributed by atoms with Gasteiger partial charge in [-0.15, -0.1) is 0 Å². The number of halogens is 1. The lowest BCUT2D eigenvalue weighted by Crippen LogP contribution is -1.86. The first-order valence-corrected chi connectivity index (χ1v) is 6.15. The molecule has 0 amide bonds. The predicted molar refractivity (Wildman–Crippen MR) is 76.1 cm³/mol. The number of ether oxygens (including phenoxy) is 1. The summed E-state index contributed by atoms with van der Waals surface area (Å²) in [5, 5.41) is 9.63. The maximum Gasteiger partial charge on any atom is 0.160 e. The number of aromatic hydroxyl groups is 1. The van der Waals surface area contributed by atoms with E-state index in [1.807, 2.05) is 30.3 Å². The summed E-state index contributed by atoms with van der Waals surface area (Å²) in [7, 11) is 1.52. The van der Waals surface area contributed by atoms with Crippen LogP contribution in [0.15, 0.2) is 51.9 Å². The average Bonchev–Trinajstić information content (AvgIpc) is 2.38. The third-order valence-corrected chi connectivity index (χ3v) is 2.92. The zero-order valence-corrected chi connectivity index (χ0v) is 11.4. The maximum absolute atomic E-state index is 9.63. The number of aliphatic imine (C=N–C) groups is 1. The van der Waals surface area contributed by atoms with Crippen molar-refractivity contribution in [3.63, 3.8) is 0 Å². The molecule has 0 aromatic heterocycles. The van der Waals surface area contributed by atoms with Gasteiger partial charge in [0.15, 0.2) is 11.5 Å². The Balaban J connectivity index is 2.18. The van der Waals surface area contributed by atoms with E-state index in [0.29, 0.717) is 5.75 Å². The standard InChI is InChI=1S/C14H12BrNO2/c1-18-14-7-2-10(8-13(14)17)9-16-12-5-3-11(15)4-6-12/h2-9,17H,1H3. The first-order chi connectivity index (χ1) is 8.69. The molecule has 0 heterocycles. The van der Waals surface area contributed by atoms with Crippen molar-refractivity contribution in [3.05, 3.63) is 52.5 Å². The van der Waals surface area contributed by atoms with Gasteiger partial charge in [-0.3, -0.25) is 4.99 Å². The molecule has 2 aromatic rings. The second-order valence-corrected chi connectivity index (χ2v) is 4.58. The maximum atomic E-state index is 9.63. The third kappa shape index (κ3) is 3.11. The molecule has 0 unspecified atom stereocenters. The first kappa shape index (κ1) is 12.6. The van der Waals surface area contributed by atoms with Gasteiger partial charge in [0.25, 0.3) is 0 Å². The molecule has 0 radical (unpaired) electrons. The fourth-order valence-corrected chi connectivity index (χ4v) is 1.73. The van der Waals surface area contributed by atoms with Crippen molar-refractivity contribution in [2.24, 2.45) is 4.99 Å². The van der Waals surface area contributed by atoms with Gasteiger partial charge in [-0.2, -0.15) is 0 Å². The minimum atomic E-state index is 0.109. The van der Waals surface area contributed by atoms with Gasteiger partial charge < -0.3 is 9.84 Å². The van der Waals surface area contributed by atoms with E-state index >= 15 is 0 Å². The number of methoxy groups -OCH3 is 1. The second-order valence-electron chi connectivity index (χ2n) is 3.67. The molecule has 1 N–H and O–H groups in total. The van der Waals surface area contributed by atoms with Gasteiger partial charge in [-0.1, -0.05) is 15.9 Å². The van der Waals surface area contributed by atoms with Gasteiger partial charge in [-0.05, 0) is 48.0 Å². The number of nitrogens with zero attached hydrogens (tertiary/aromatic N) is 1. The summed E-state index contributed by atoms with van der Waals surface area (Å²) in [5.41, 5.74) is 1.67.